The fraction of sp³-hybridized carbons (Fsp3) is 0.300. The molecule has 0 amide bonds. The van der Waals surface area contributed by atoms with Gasteiger partial charge in [0.25, 0.3) is 0 Å². The van der Waals surface area contributed by atoms with E-state index in [9.17, 15) is 4.79 Å². The number of para-hydroxylation sites is 3. The van der Waals surface area contributed by atoms with Crippen LogP contribution in [-0.4, -0.2) is 15.9 Å². The van der Waals surface area contributed by atoms with Crippen molar-refractivity contribution in [1.82, 2.24) is 9.97 Å². The molecule has 0 atom stereocenters. The highest BCUT2D eigenvalue weighted by molar-refractivity contribution is 5.91. The standard InChI is InChI=1S/C20H22N2O2/c1-12(2)14-8-7-9-15(13(3)4)18(14)24-20(23)19-21-16-10-5-6-11-17(16)22-19/h5-13H,1-4H3,(H,21,22). The Balaban J connectivity index is 1.99. The highest BCUT2D eigenvalue weighted by Crippen LogP contribution is 2.34. The monoisotopic (exact) mass is 322 g/mol. The summed E-state index contributed by atoms with van der Waals surface area (Å²) in [7, 11) is 0. The van der Waals surface area contributed by atoms with Gasteiger partial charge in [0, 0.05) is 0 Å². The van der Waals surface area contributed by atoms with Crippen molar-refractivity contribution in [3.63, 3.8) is 0 Å². The Morgan fingerprint density at radius 3 is 2.17 bits per heavy atom. The first-order valence-corrected chi connectivity index (χ1v) is 8.27. The first-order valence-electron chi connectivity index (χ1n) is 8.27. The molecule has 124 valence electrons. The van der Waals surface area contributed by atoms with E-state index in [1.165, 1.54) is 0 Å². The number of fused-ring (bicyclic) bond motifs is 1. The molecule has 0 aliphatic rings. The van der Waals surface area contributed by atoms with E-state index in [-0.39, 0.29) is 17.7 Å². The van der Waals surface area contributed by atoms with Crippen LogP contribution in [0.1, 0.15) is 61.3 Å². The lowest BCUT2D eigenvalue weighted by molar-refractivity contribution is 0.0719. The van der Waals surface area contributed by atoms with Crippen LogP contribution in [0.4, 0.5) is 0 Å². The summed E-state index contributed by atoms with van der Waals surface area (Å²) in [6.45, 7) is 8.38. The molecule has 0 aliphatic carbocycles. The number of esters is 1. The molecule has 4 heteroatoms. The molecule has 0 saturated heterocycles. The van der Waals surface area contributed by atoms with Crippen LogP contribution in [0.3, 0.4) is 0 Å². The second kappa shape index (κ2) is 6.48. The number of aromatic nitrogens is 2. The second-order valence-electron chi connectivity index (χ2n) is 6.57. The van der Waals surface area contributed by atoms with Crippen LogP contribution in [0.5, 0.6) is 5.75 Å². The zero-order chi connectivity index (χ0) is 17.3. The molecular weight excluding hydrogens is 300 g/mol. The van der Waals surface area contributed by atoms with Gasteiger partial charge in [-0.05, 0) is 35.1 Å². The predicted octanol–water partition coefficient (Wildman–Crippen LogP) is 5.03. The van der Waals surface area contributed by atoms with Gasteiger partial charge in [0.2, 0.25) is 5.82 Å². The maximum atomic E-state index is 12.6. The van der Waals surface area contributed by atoms with Gasteiger partial charge in [-0.2, -0.15) is 0 Å². The van der Waals surface area contributed by atoms with Crippen LogP contribution in [0.25, 0.3) is 11.0 Å². The number of carbonyl (C=O) groups is 1. The van der Waals surface area contributed by atoms with Gasteiger partial charge < -0.3 is 9.72 Å². The summed E-state index contributed by atoms with van der Waals surface area (Å²) in [6, 6.07) is 13.6. The number of benzene rings is 2. The number of nitrogens with zero attached hydrogens (tertiary/aromatic N) is 1. The smallest absolute Gasteiger partial charge is 0.379 e. The molecule has 1 aromatic heterocycles. The minimum Gasteiger partial charge on any atom is -0.420 e. The van der Waals surface area contributed by atoms with E-state index in [2.05, 4.69) is 37.7 Å². The lowest BCUT2D eigenvalue weighted by atomic mass is 9.94. The largest absolute Gasteiger partial charge is 0.420 e. The Labute approximate surface area is 141 Å². The van der Waals surface area contributed by atoms with Crippen molar-refractivity contribution in [1.29, 1.82) is 0 Å². The fourth-order valence-electron chi connectivity index (χ4n) is 2.79. The third-order valence-corrected chi connectivity index (χ3v) is 4.10. The van der Waals surface area contributed by atoms with Gasteiger partial charge in [-0.15, -0.1) is 0 Å². The van der Waals surface area contributed by atoms with Gasteiger partial charge >= 0.3 is 5.97 Å². The maximum Gasteiger partial charge on any atom is 0.379 e. The molecule has 4 nitrogen and oxygen atoms in total. The van der Waals surface area contributed by atoms with Crippen molar-refractivity contribution < 1.29 is 9.53 Å². The number of nitrogens with one attached hydrogen (secondary N) is 1. The second-order valence-corrected chi connectivity index (χ2v) is 6.57. The summed E-state index contributed by atoms with van der Waals surface area (Å²) in [5.41, 5.74) is 3.65. The Hall–Kier alpha value is -2.62. The van der Waals surface area contributed by atoms with E-state index in [0.717, 1.165) is 22.2 Å². The number of hydrogen-bond acceptors (Lipinski definition) is 3. The van der Waals surface area contributed by atoms with Crippen LogP contribution in [0.2, 0.25) is 0 Å². The van der Waals surface area contributed by atoms with Crippen molar-refractivity contribution in [3.05, 3.63) is 59.4 Å². The molecule has 0 spiro atoms. The molecule has 0 radical (unpaired) electrons. The van der Waals surface area contributed by atoms with Crippen LogP contribution in [0.15, 0.2) is 42.5 Å². The van der Waals surface area contributed by atoms with Crippen LogP contribution in [0, 0.1) is 0 Å². The number of ether oxygens (including phenoxy) is 1. The van der Waals surface area contributed by atoms with Crippen molar-refractivity contribution in [2.75, 3.05) is 0 Å². The van der Waals surface area contributed by atoms with Gasteiger partial charge in [0.05, 0.1) is 11.0 Å². The summed E-state index contributed by atoms with van der Waals surface area (Å²) in [6.07, 6.45) is 0. The van der Waals surface area contributed by atoms with Crippen LogP contribution >= 0.6 is 0 Å². The molecule has 0 aliphatic heterocycles. The van der Waals surface area contributed by atoms with Gasteiger partial charge in [0.15, 0.2) is 0 Å². The molecule has 0 fully saturated rings. The summed E-state index contributed by atoms with van der Waals surface area (Å²) < 4.78 is 5.78. The van der Waals surface area contributed by atoms with E-state index in [0.29, 0.717) is 5.75 Å². The minimum atomic E-state index is -0.457. The molecule has 3 rings (SSSR count). The third-order valence-electron chi connectivity index (χ3n) is 4.10. The normalized spacial score (nSPS) is 11.4. The maximum absolute atomic E-state index is 12.6. The van der Waals surface area contributed by atoms with E-state index >= 15 is 0 Å². The van der Waals surface area contributed by atoms with E-state index in [1.54, 1.807) is 0 Å². The molecule has 24 heavy (non-hydrogen) atoms. The lowest BCUT2D eigenvalue weighted by Gasteiger charge is -2.18. The topological polar surface area (TPSA) is 55.0 Å². The summed E-state index contributed by atoms with van der Waals surface area (Å²) in [5.74, 6) is 0.961. The van der Waals surface area contributed by atoms with Crippen molar-refractivity contribution >= 4 is 17.0 Å². The Morgan fingerprint density at radius 2 is 1.58 bits per heavy atom. The summed E-state index contributed by atoms with van der Waals surface area (Å²) in [5, 5.41) is 0. The van der Waals surface area contributed by atoms with Crippen molar-refractivity contribution in [3.8, 4) is 5.75 Å². The van der Waals surface area contributed by atoms with Gasteiger partial charge in [-0.1, -0.05) is 58.0 Å². The molecule has 0 bridgehead atoms. The fourth-order valence-corrected chi connectivity index (χ4v) is 2.79. The first-order chi connectivity index (χ1) is 11.5. The number of rotatable bonds is 4. The SMILES string of the molecule is CC(C)c1cccc(C(C)C)c1OC(=O)c1nc2ccccc2[nH]1. The zero-order valence-corrected chi connectivity index (χ0v) is 14.5. The van der Waals surface area contributed by atoms with Gasteiger partial charge in [-0.25, -0.2) is 9.78 Å². The number of hydrogen-bond donors (Lipinski definition) is 1. The van der Waals surface area contributed by atoms with Crippen molar-refractivity contribution in [2.45, 2.75) is 39.5 Å². The first kappa shape index (κ1) is 16.2. The summed E-state index contributed by atoms with van der Waals surface area (Å²) >= 11 is 0. The Bertz CT molecular complexity index is 819. The number of carbonyl (C=O) groups excluding carboxylic acids is 1. The molecule has 2 aromatic carbocycles. The summed E-state index contributed by atoms with van der Waals surface area (Å²) in [4.78, 5) is 20.0. The predicted molar refractivity (Wildman–Crippen MR) is 95.7 cm³/mol. The Morgan fingerprint density at radius 1 is 0.958 bits per heavy atom. The number of aromatic amines is 1. The highest BCUT2D eigenvalue weighted by Gasteiger charge is 2.20. The van der Waals surface area contributed by atoms with Gasteiger partial charge in [0.1, 0.15) is 5.75 Å². The third kappa shape index (κ3) is 3.04. The highest BCUT2D eigenvalue weighted by atomic mass is 16.5. The van der Waals surface area contributed by atoms with E-state index in [4.69, 9.17) is 4.74 Å². The average molecular weight is 322 g/mol. The van der Waals surface area contributed by atoms with Crippen LogP contribution < -0.4 is 4.74 Å². The molecule has 1 N–H and O–H groups in total. The zero-order valence-electron chi connectivity index (χ0n) is 14.5. The van der Waals surface area contributed by atoms with E-state index in [1.807, 2.05) is 42.5 Å². The quantitative estimate of drug-likeness (QED) is 0.541. The molecule has 1 heterocycles. The van der Waals surface area contributed by atoms with Crippen LogP contribution in [-0.2, 0) is 0 Å². The minimum absolute atomic E-state index is 0.226. The average Bonchev–Trinajstić information content (AvgIpc) is 2.98. The molecule has 0 unspecified atom stereocenters. The number of imidazole rings is 1. The molecule has 3 aromatic rings. The number of H-pyrrole nitrogens is 1. The van der Waals surface area contributed by atoms with Gasteiger partial charge in [-0.3, -0.25) is 0 Å². The molecular formula is C20H22N2O2. The molecule has 0 saturated carbocycles. The lowest BCUT2D eigenvalue weighted by Crippen LogP contribution is -2.14. The van der Waals surface area contributed by atoms with E-state index < -0.39 is 5.97 Å². The van der Waals surface area contributed by atoms with Crippen molar-refractivity contribution in [2.24, 2.45) is 0 Å². The Kier molecular flexibility index (Phi) is 4.38.